The third kappa shape index (κ3) is 4.43. The summed E-state index contributed by atoms with van der Waals surface area (Å²) < 4.78 is 5.58. The zero-order valence-electron chi connectivity index (χ0n) is 10.7. The summed E-state index contributed by atoms with van der Waals surface area (Å²) in [5.41, 5.74) is 4.47. The Morgan fingerprint density at radius 2 is 2.45 bits per heavy atom. The van der Waals surface area contributed by atoms with Crippen molar-refractivity contribution in [2.45, 2.75) is 6.42 Å². The van der Waals surface area contributed by atoms with Crippen molar-refractivity contribution in [1.29, 1.82) is 0 Å². The van der Waals surface area contributed by atoms with Gasteiger partial charge in [0.1, 0.15) is 0 Å². The van der Waals surface area contributed by atoms with Crippen LogP contribution in [0, 0.1) is 0 Å². The largest absolute Gasteiger partial charge is 0.469 e. The smallest absolute Gasteiger partial charge is 0.311 e. The highest BCUT2D eigenvalue weighted by Crippen LogP contribution is 2.16. The van der Waals surface area contributed by atoms with Gasteiger partial charge in [-0.15, -0.1) is 11.3 Å². The van der Waals surface area contributed by atoms with E-state index in [1.165, 1.54) is 18.4 Å². The van der Waals surface area contributed by atoms with Gasteiger partial charge in [0, 0.05) is 9.85 Å². The first kappa shape index (κ1) is 14.7. The standard InChI is InChI=1S/C13H12BrN3O2S/c1-19-12(18)6-11-8-20-13(16-11)17-15-7-9-3-2-4-10(14)5-9/h2-5,7-8H,6H2,1H3,(H,16,17)/b15-7-. The fourth-order valence-electron chi connectivity index (χ4n) is 1.41. The van der Waals surface area contributed by atoms with Gasteiger partial charge in [0.2, 0.25) is 5.13 Å². The van der Waals surface area contributed by atoms with Gasteiger partial charge >= 0.3 is 5.97 Å². The van der Waals surface area contributed by atoms with Gasteiger partial charge in [-0.2, -0.15) is 5.10 Å². The van der Waals surface area contributed by atoms with Crippen LogP contribution < -0.4 is 5.43 Å². The maximum atomic E-state index is 11.1. The molecule has 1 aromatic carbocycles. The van der Waals surface area contributed by atoms with Crippen LogP contribution in [0.1, 0.15) is 11.3 Å². The van der Waals surface area contributed by atoms with E-state index in [9.17, 15) is 4.79 Å². The molecule has 2 rings (SSSR count). The van der Waals surface area contributed by atoms with Gasteiger partial charge in [0.25, 0.3) is 0 Å². The van der Waals surface area contributed by atoms with E-state index < -0.39 is 0 Å². The number of rotatable bonds is 5. The number of benzene rings is 1. The van der Waals surface area contributed by atoms with Gasteiger partial charge in [-0.25, -0.2) is 4.98 Å². The van der Waals surface area contributed by atoms with Crippen LogP contribution in [0.25, 0.3) is 0 Å². The van der Waals surface area contributed by atoms with Crippen LogP contribution in [0.4, 0.5) is 5.13 Å². The predicted molar refractivity (Wildman–Crippen MR) is 83.2 cm³/mol. The second-order valence-electron chi connectivity index (χ2n) is 3.82. The number of esters is 1. The number of carbonyl (C=O) groups is 1. The first-order valence-corrected chi connectivity index (χ1v) is 7.40. The van der Waals surface area contributed by atoms with Crippen molar-refractivity contribution in [3.8, 4) is 0 Å². The molecule has 0 aliphatic rings. The van der Waals surface area contributed by atoms with Crippen molar-refractivity contribution in [2.24, 2.45) is 5.10 Å². The highest BCUT2D eigenvalue weighted by molar-refractivity contribution is 9.10. The Bertz CT molecular complexity index is 628. The van der Waals surface area contributed by atoms with Gasteiger partial charge in [0.05, 0.1) is 25.4 Å². The van der Waals surface area contributed by atoms with Crippen LogP contribution >= 0.6 is 27.3 Å². The van der Waals surface area contributed by atoms with Gasteiger partial charge in [-0.3, -0.25) is 10.2 Å². The number of hydrogen-bond acceptors (Lipinski definition) is 6. The molecule has 0 radical (unpaired) electrons. The molecular formula is C13H12BrN3O2S. The first-order valence-electron chi connectivity index (χ1n) is 5.73. The molecule has 0 fully saturated rings. The SMILES string of the molecule is COC(=O)Cc1csc(N/N=C\c2cccc(Br)c2)n1. The molecule has 2 aromatic rings. The van der Waals surface area contributed by atoms with Crippen LogP contribution in [0.5, 0.6) is 0 Å². The number of thiazole rings is 1. The zero-order chi connectivity index (χ0) is 14.4. The highest BCUT2D eigenvalue weighted by atomic mass is 79.9. The molecule has 0 bridgehead atoms. The lowest BCUT2D eigenvalue weighted by atomic mass is 10.2. The normalized spacial score (nSPS) is 10.7. The number of hydrogen-bond donors (Lipinski definition) is 1. The first-order chi connectivity index (χ1) is 9.67. The molecule has 0 saturated carbocycles. The van der Waals surface area contributed by atoms with Crippen LogP contribution in [-0.2, 0) is 16.0 Å². The highest BCUT2D eigenvalue weighted by Gasteiger charge is 2.06. The Morgan fingerprint density at radius 1 is 1.60 bits per heavy atom. The summed E-state index contributed by atoms with van der Waals surface area (Å²) in [6, 6.07) is 7.78. The van der Waals surface area contributed by atoms with Crippen molar-refractivity contribution in [1.82, 2.24) is 4.98 Å². The molecule has 0 unspecified atom stereocenters. The molecule has 7 heteroatoms. The second-order valence-corrected chi connectivity index (χ2v) is 5.60. The number of nitrogens with zero attached hydrogens (tertiary/aromatic N) is 2. The predicted octanol–water partition coefficient (Wildman–Crippen LogP) is 3.07. The van der Waals surface area contributed by atoms with E-state index >= 15 is 0 Å². The molecule has 0 spiro atoms. The lowest BCUT2D eigenvalue weighted by Crippen LogP contribution is -2.04. The zero-order valence-corrected chi connectivity index (χ0v) is 13.1. The van der Waals surface area contributed by atoms with Gasteiger partial charge in [-0.1, -0.05) is 28.1 Å². The molecule has 0 aliphatic carbocycles. The molecule has 20 heavy (non-hydrogen) atoms. The van der Waals surface area contributed by atoms with Crippen LogP contribution in [0.3, 0.4) is 0 Å². The summed E-state index contributed by atoms with van der Waals surface area (Å²) >= 11 is 4.78. The van der Waals surface area contributed by atoms with E-state index in [1.54, 1.807) is 11.6 Å². The Balaban J connectivity index is 1.92. The monoisotopic (exact) mass is 353 g/mol. The quantitative estimate of drug-likeness (QED) is 0.509. The number of halogens is 1. The number of aromatic nitrogens is 1. The molecule has 5 nitrogen and oxygen atoms in total. The van der Waals surface area contributed by atoms with E-state index in [0.717, 1.165) is 10.0 Å². The molecule has 1 aromatic heterocycles. The minimum absolute atomic E-state index is 0.171. The van der Waals surface area contributed by atoms with Crippen molar-refractivity contribution in [3.05, 3.63) is 45.4 Å². The Labute approximate surface area is 128 Å². The van der Waals surface area contributed by atoms with E-state index in [0.29, 0.717) is 10.8 Å². The molecule has 0 aliphatic heterocycles. The van der Waals surface area contributed by atoms with E-state index in [-0.39, 0.29) is 12.4 Å². The fourth-order valence-corrected chi connectivity index (χ4v) is 2.48. The van der Waals surface area contributed by atoms with Crippen LogP contribution in [0.15, 0.2) is 39.2 Å². The molecule has 1 N–H and O–H groups in total. The summed E-state index contributed by atoms with van der Waals surface area (Å²) in [6.45, 7) is 0. The summed E-state index contributed by atoms with van der Waals surface area (Å²) in [5, 5.41) is 6.54. The van der Waals surface area contributed by atoms with E-state index in [2.05, 4.69) is 36.2 Å². The molecule has 0 atom stereocenters. The van der Waals surface area contributed by atoms with Crippen LogP contribution in [-0.4, -0.2) is 24.3 Å². The average Bonchev–Trinajstić information content (AvgIpc) is 2.86. The van der Waals surface area contributed by atoms with Crippen LogP contribution in [0.2, 0.25) is 0 Å². The number of hydrazone groups is 1. The number of nitrogens with one attached hydrogen (secondary N) is 1. The number of ether oxygens (including phenoxy) is 1. The number of methoxy groups -OCH3 is 1. The Kier molecular flexibility index (Phi) is 5.25. The molecule has 0 saturated heterocycles. The maximum absolute atomic E-state index is 11.1. The molecular weight excluding hydrogens is 342 g/mol. The summed E-state index contributed by atoms with van der Waals surface area (Å²) in [6.07, 6.45) is 1.87. The van der Waals surface area contributed by atoms with Gasteiger partial charge < -0.3 is 4.74 Å². The Morgan fingerprint density at radius 3 is 3.20 bits per heavy atom. The fraction of sp³-hybridized carbons (Fsp3) is 0.154. The topological polar surface area (TPSA) is 63.6 Å². The minimum Gasteiger partial charge on any atom is -0.469 e. The van der Waals surface area contributed by atoms with Crippen molar-refractivity contribution >= 4 is 44.6 Å². The molecule has 104 valence electrons. The Hall–Kier alpha value is -1.73. The molecule has 1 heterocycles. The average molecular weight is 354 g/mol. The van der Waals surface area contributed by atoms with E-state index in [4.69, 9.17) is 0 Å². The second kappa shape index (κ2) is 7.16. The summed E-state index contributed by atoms with van der Waals surface area (Å²) in [5.74, 6) is -0.306. The molecule has 0 amide bonds. The van der Waals surface area contributed by atoms with Crippen molar-refractivity contribution in [2.75, 3.05) is 12.5 Å². The number of anilines is 1. The number of carbonyl (C=O) groups excluding carboxylic acids is 1. The lowest BCUT2D eigenvalue weighted by molar-refractivity contribution is -0.139. The van der Waals surface area contributed by atoms with Gasteiger partial charge in [0.15, 0.2) is 0 Å². The lowest BCUT2D eigenvalue weighted by Gasteiger charge is -1.96. The van der Waals surface area contributed by atoms with Crippen molar-refractivity contribution < 1.29 is 9.53 Å². The van der Waals surface area contributed by atoms with E-state index in [1.807, 2.05) is 24.3 Å². The summed E-state index contributed by atoms with van der Waals surface area (Å²) in [4.78, 5) is 15.3. The third-order valence-corrected chi connectivity index (χ3v) is 3.62. The van der Waals surface area contributed by atoms with Crippen molar-refractivity contribution in [3.63, 3.8) is 0 Å². The van der Waals surface area contributed by atoms with Gasteiger partial charge in [-0.05, 0) is 17.7 Å². The third-order valence-electron chi connectivity index (χ3n) is 2.33. The maximum Gasteiger partial charge on any atom is 0.311 e. The minimum atomic E-state index is -0.306. The summed E-state index contributed by atoms with van der Waals surface area (Å²) in [7, 11) is 1.36.